The maximum Gasteiger partial charge on any atom is 0.251 e. The molecule has 17 heavy (non-hydrogen) atoms. The molecule has 1 atom stereocenters. The Morgan fingerprint density at radius 2 is 2.12 bits per heavy atom. The summed E-state index contributed by atoms with van der Waals surface area (Å²) in [6, 6.07) is 5.55. The SMILES string of the molecule is Cc1ccc(C(=O)NCC(N)C(C)C)cc1Br. The number of carbonyl (C=O) groups excluding carboxylic acids is 1. The molecule has 0 aromatic heterocycles. The van der Waals surface area contributed by atoms with Crippen LogP contribution in [0.25, 0.3) is 0 Å². The van der Waals surface area contributed by atoms with Crippen LogP contribution in [-0.4, -0.2) is 18.5 Å². The molecule has 1 rings (SSSR count). The fourth-order valence-electron chi connectivity index (χ4n) is 1.28. The first-order valence-electron chi connectivity index (χ1n) is 5.71. The van der Waals surface area contributed by atoms with Gasteiger partial charge in [-0.2, -0.15) is 0 Å². The molecule has 0 heterocycles. The van der Waals surface area contributed by atoms with Crippen molar-refractivity contribution in [3.05, 3.63) is 33.8 Å². The molecule has 0 fully saturated rings. The number of aryl methyl sites for hydroxylation is 1. The molecule has 1 unspecified atom stereocenters. The Hall–Kier alpha value is -0.870. The molecule has 1 aromatic rings. The van der Waals surface area contributed by atoms with Crippen molar-refractivity contribution in [1.29, 1.82) is 0 Å². The molecular formula is C13H19BrN2O. The molecule has 0 saturated heterocycles. The van der Waals surface area contributed by atoms with Gasteiger partial charge in [0.15, 0.2) is 0 Å². The van der Waals surface area contributed by atoms with E-state index in [0.717, 1.165) is 10.0 Å². The van der Waals surface area contributed by atoms with E-state index >= 15 is 0 Å². The lowest BCUT2D eigenvalue weighted by Crippen LogP contribution is -2.40. The van der Waals surface area contributed by atoms with E-state index in [1.807, 2.05) is 39.0 Å². The third kappa shape index (κ3) is 4.13. The first kappa shape index (κ1) is 14.2. The summed E-state index contributed by atoms with van der Waals surface area (Å²) in [4.78, 5) is 11.8. The zero-order chi connectivity index (χ0) is 13.0. The van der Waals surface area contributed by atoms with Gasteiger partial charge in [0.2, 0.25) is 0 Å². The van der Waals surface area contributed by atoms with E-state index in [2.05, 4.69) is 21.2 Å². The van der Waals surface area contributed by atoms with E-state index in [-0.39, 0.29) is 11.9 Å². The zero-order valence-electron chi connectivity index (χ0n) is 10.5. The maximum atomic E-state index is 11.8. The lowest BCUT2D eigenvalue weighted by atomic mass is 10.1. The van der Waals surface area contributed by atoms with E-state index in [9.17, 15) is 4.79 Å². The van der Waals surface area contributed by atoms with Gasteiger partial charge in [0.25, 0.3) is 5.91 Å². The highest BCUT2D eigenvalue weighted by Crippen LogP contribution is 2.17. The molecule has 1 aromatic carbocycles. The van der Waals surface area contributed by atoms with Crippen LogP contribution >= 0.6 is 15.9 Å². The summed E-state index contributed by atoms with van der Waals surface area (Å²) >= 11 is 3.41. The second kappa shape index (κ2) is 6.17. The van der Waals surface area contributed by atoms with Crippen molar-refractivity contribution in [3.63, 3.8) is 0 Å². The van der Waals surface area contributed by atoms with Crippen molar-refractivity contribution in [2.24, 2.45) is 11.7 Å². The zero-order valence-corrected chi connectivity index (χ0v) is 12.0. The maximum absolute atomic E-state index is 11.8. The normalized spacial score (nSPS) is 12.6. The molecule has 3 N–H and O–H groups in total. The molecule has 0 aliphatic rings. The minimum Gasteiger partial charge on any atom is -0.350 e. The number of carbonyl (C=O) groups is 1. The van der Waals surface area contributed by atoms with Gasteiger partial charge in [-0.3, -0.25) is 4.79 Å². The largest absolute Gasteiger partial charge is 0.350 e. The Bertz CT molecular complexity index is 404. The Balaban J connectivity index is 2.61. The van der Waals surface area contributed by atoms with Crippen molar-refractivity contribution < 1.29 is 4.79 Å². The van der Waals surface area contributed by atoms with Gasteiger partial charge in [-0.1, -0.05) is 35.8 Å². The molecule has 0 radical (unpaired) electrons. The highest BCUT2D eigenvalue weighted by molar-refractivity contribution is 9.10. The number of hydrogen-bond acceptors (Lipinski definition) is 2. The molecule has 0 aliphatic carbocycles. The second-order valence-corrected chi connectivity index (χ2v) is 5.44. The number of amides is 1. The molecule has 1 amide bonds. The van der Waals surface area contributed by atoms with Crippen LogP contribution in [-0.2, 0) is 0 Å². The summed E-state index contributed by atoms with van der Waals surface area (Å²) in [7, 11) is 0. The minimum atomic E-state index is -0.0817. The van der Waals surface area contributed by atoms with Gasteiger partial charge in [0.1, 0.15) is 0 Å². The van der Waals surface area contributed by atoms with Crippen LogP contribution in [0.2, 0.25) is 0 Å². The van der Waals surface area contributed by atoms with Crippen LogP contribution in [0.5, 0.6) is 0 Å². The topological polar surface area (TPSA) is 55.1 Å². The summed E-state index contributed by atoms with van der Waals surface area (Å²) < 4.78 is 0.943. The number of hydrogen-bond donors (Lipinski definition) is 2. The Morgan fingerprint density at radius 3 is 2.65 bits per heavy atom. The average Bonchev–Trinajstić information content (AvgIpc) is 2.28. The fourth-order valence-corrected chi connectivity index (χ4v) is 1.66. The molecule has 0 saturated carbocycles. The summed E-state index contributed by atoms with van der Waals surface area (Å²) in [5.74, 6) is 0.279. The molecule has 94 valence electrons. The minimum absolute atomic E-state index is 0.00663. The quantitative estimate of drug-likeness (QED) is 0.897. The van der Waals surface area contributed by atoms with E-state index in [0.29, 0.717) is 18.0 Å². The smallest absolute Gasteiger partial charge is 0.251 e. The fraction of sp³-hybridized carbons (Fsp3) is 0.462. The highest BCUT2D eigenvalue weighted by Gasteiger charge is 2.11. The van der Waals surface area contributed by atoms with E-state index in [1.54, 1.807) is 0 Å². The van der Waals surface area contributed by atoms with Crippen LogP contribution < -0.4 is 11.1 Å². The lowest BCUT2D eigenvalue weighted by Gasteiger charge is -2.16. The van der Waals surface area contributed by atoms with Crippen molar-refractivity contribution in [1.82, 2.24) is 5.32 Å². The Morgan fingerprint density at radius 1 is 1.47 bits per heavy atom. The van der Waals surface area contributed by atoms with Crippen LogP contribution in [0.4, 0.5) is 0 Å². The predicted molar refractivity (Wildman–Crippen MR) is 74.0 cm³/mol. The summed E-state index contributed by atoms with van der Waals surface area (Å²) in [5.41, 5.74) is 7.64. The third-order valence-electron chi connectivity index (χ3n) is 2.79. The lowest BCUT2D eigenvalue weighted by molar-refractivity contribution is 0.0949. The van der Waals surface area contributed by atoms with Gasteiger partial charge in [-0.05, 0) is 30.5 Å². The van der Waals surface area contributed by atoms with Gasteiger partial charge in [0, 0.05) is 22.6 Å². The van der Waals surface area contributed by atoms with Crippen LogP contribution in [0.3, 0.4) is 0 Å². The van der Waals surface area contributed by atoms with Gasteiger partial charge in [-0.25, -0.2) is 0 Å². The van der Waals surface area contributed by atoms with Gasteiger partial charge < -0.3 is 11.1 Å². The highest BCUT2D eigenvalue weighted by atomic mass is 79.9. The number of halogens is 1. The van der Waals surface area contributed by atoms with E-state index < -0.39 is 0 Å². The summed E-state index contributed by atoms with van der Waals surface area (Å²) in [6.07, 6.45) is 0. The molecule has 0 aliphatic heterocycles. The molecule has 3 nitrogen and oxygen atoms in total. The van der Waals surface area contributed by atoms with Crippen LogP contribution in [0, 0.1) is 12.8 Å². The first-order chi connectivity index (χ1) is 7.91. The number of benzene rings is 1. The van der Waals surface area contributed by atoms with Crippen LogP contribution in [0.15, 0.2) is 22.7 Å². The predicted octanol–water partition coefficient (Wildman–Crippen LogP) is 2.47. The second-order valence-electron chi connectivity index (χ2n) is 4.58. The molecule has 4 heteroatoms. The van der Waals surface area contributed by atoms with E-state index in [1.165, 1.54) is 0 Å². The Labute approximate surface area is 111 Å². The third-order valence-corrected chi connectivity index (χ3v) is 3.64. The Kier molecular flexibility index (Phi) is 5.15. The standard InChI is InChI=1S/C13H19BrN2O/c1-8(2)12(15)7-16-13(17)10-5-4-9(3)11(14)6-10/h4-6,8,12H,7,15H2,1-3H3,(H,16,17). The van der Waals surface area contributed by atoms with Crippen molar-refractivity contribution in [3.8, 4) is 0 Å². The molecule has 0 spiro atoms. The number of nitrogens with two attached hydrogens (primary N) is 1. The first-order valence-corrected chi connectivity index (χ1v) is 6.51. The summed E-state index contributed by atoms with van der Waals surface area (Å²) in [5, 5.41) is 2.84. The van der Waals surface area contributed by atoms with Gasteiger partial charge in [0.05, 0.1) is 0 Å². The molecule has 0 bridgehead atoms. The average molecular weight is 299 g/mol. The van der Waals surface area contributed by atoms with Crippen molar-refractivity contribution in [2.45, 2.75) is 26.8 Å². The van der Waals surface area contributed by atoms with Crippen LogP contribution in [0.1, 0.15) is 29.8 Å². The monoisotopic (exact) mass is 298 g/mol. The molecular weight excluding hydrogens is 280 g/mol. The van der Waals surface area contributed by atoms with Gasteiger partial charge in [-0.15, -0.1) is 0 Å². The summed E-state index contributed by atoms with van der Waals surface area (Å²) in [6.45, 7) is 6.57. The van der Waals surface area contributed by atoms with Gasteiger partial charge >= 0.3 is 0 Å². The van der Waals surface area contributed by atoms with Crippen molar-refractivity contribution in [2.75, 3.05) is 6.54 Å². The number of nitrogens with one attached hydrogen (secondary N) is 1. The number of rotatable bonds is 4. The van der Waals surface area contributed by atoms with Crippen molar-refractivity contribution >= 4 is 21.8 Å². The van der Waals surface area contributed by atoms with E-state index in [4.69, 9.17) is 5.73 Å².